The molecule has 0 aromatic heterocycles. The number of nitrogens with one attached hydrogen (secondary N) is 1. The van der Waals surface area contributed by atoms with Gasteiger partial charge in [0.25, 0.3) is 0 Å². The third-order valence-electron chi connectivity index (χ3n) is 11.0. The van der Waals surface area contributed by atoms with Gasteiger partial charge in [-0.2, -0.15) is 0 Å². The van der Waals surface area contributed by atoms with E-state index in [-0.39, 0.29) is 11.6 Å². The number of nitrogens with two attached hydrogens (primary N) is 1. The first-order chi connectivity index (χ1) is 25.3. The van der Waals surface area contributed by atoms with Crippen molar-refractivity contribution in [1.29, 1.82) is 0 Å². The highest BCUT2D eigenvalue weighted by Gasteiger charge is 2.38. The van der Waals surface area contributed by atoms with Gasteiger partial charge < -0.3 is 11.1 Å². The molecule has 0 amide bonds. The van der Waals surface area contributed by atoms with Crippen LogP contribution in [0.4, 0.5) is 0 Å². The average molecular weight is 719 g/mol. The van der Waals surface area contributed by atoms with Gasteiger partial charge in [0.05, 0.1) is 0 Å². The molecule has 0 heterocycles. The lowest BCUT2D eigenvalue weighted by molar-refractivity contribution is 0.213. The van der Waals surface area contributed by atoms with Gasteiger partial charge in [0.15, 0.2) is 0 Å². The minimum Gasteiger partial charge on any atom is -0.323 e. The maximum atomic E-state index is 7.67. The van der Waals surface area contributed by atoms with Crippen LogP contribution in [0, 0.1) is 27.7 Å². The smallest absolute Gasteiger partial charge is 0.0351 e. The number of rotatable bonds is 11. The van der Waals surface area contributed by atoms with E-state index in [0.29, 0.717) is 0 Å². The normalized spacial score (nSPS) is 17.5. The van der Waals surface area contributed by atoms with Gasteiger partial charge in [0.2, 0.25) is 0 Å². The molecule has 0 radical (unpaired) electrons. The molecule has 3 N–H and O–H groups in total. The van der Waals surface area contributed by atoms with Crippen molar-refractivity contribution in [2.75, 3.05) is 0 Å². The van der Waals surface area contributed by atoms with E-state index < -0.39 is 15.8 Å². The number of aryl methyl sites for hydroxylation is 4. The fourth-order valence-corrected chi connectivity index (χ4v) is 13.7. The van der Waals surface area contributed by atoms with Crippen LogP contribution in [0.15, 0.2) is 146 Å². The van der Waals surface area contributed by atoms with Crippen LogP contribution in [0.3, 0.4) is 0 Å². The van der Waals surface area contributed by atoms with Crippen molar-refractivity contribution < 1.29 is 0 Å². The molecule has 0 aliphatic heterocycles. The molecule has 1 aliphatic rings. The Balaban J connectivity index is 1.22. The van der Waals surface area contributed by atoms with Crippen molar-refractivity contribution >= 4 is 47.7 Å². The van der Waals surface area contributed by atoms with E-state index in [9.17, 15) is 0 Å². The quantitative estimate of drug-likeness (QED) is 0.132. The van der Waals surface area contributed by atoms with E-state index in [2.05, 4.69) is 179 Å². The lowest BCUT2D eigenvalue weighted by Gasteiger charge is -2.43. The molecule has 4 heteroatoms. The molecular weight excluding hydrogens is 666 g/mol. The van der Waals surface area contributed by atoms with E-state index in [1.54, 1.807) is 0 Å². The van der Waals surface area contributed by atoms with Crippen LogP contribution < -0.4 is 42.9 Å². The second-order valence-electron chi connectivity index (χ2n) is 14.7. The monoisotopic (exact) mass is 718 g/mol. The van der Waals surface area contributed by atoms with Crippen LogP contribution in [0.1, 0.15) is 59.1 Å². The number of hydrogen-bond acceptors (Lipinski definition) is 2. The maximum absolute atomic E-state index is 7.67. The lowest BCUT2D eigenvalue weighted by Crippen LogP contribution is -2.60. The Kier molecular flexibility index (Phi) is 11.5. The summed E-state index contributed by atoms with van der Waals surface area (Å²) >= 11 is 0. The minimum absolute atomic E-state index is 0.216. The third kappa shape index (κ3) is 7.74. The van der Waals surface area contributed by atoms with Gasteiger partial charge >= 0.3 is 0 Å². The Bertz CT molecular complexity index is 2050. The first-order valence-electron chi connectivity index (χ1n) is 18.8. The predicted molar refractivity (Wildman–Crippen MR) is 229 cm³/mol. The van der Waals surface area contributed by atoms with E-state index >= 15 is 0 Å². The Morgan fingerprint density at radius 3 is 1.31 bits per heavy atom. The fraction of sp³-hybridized carbons (Fsp3) is 0.250. The summed E-state index contributed by atoms with van der Waals surface area (Å²) in [5.41, 5.74) is 15.5. The molecule has 6 aromatic rings. The van der Waals surface area contributed by atoms with E-state index in [4.69, 9.17) is 5.73 Å². The largest absolute Gasteiger partial charge is 0.323 e. The van der Waals surface area contributed by atoms with Crippen LogP contribution in [0.2, 0.25) is 0 Å². The zero-order valence-corrected chi connectivity index (χ0v) is 32.9. The van der Waals surface area contributed by atoms with Gasteiger partial charge in [-0.05, 0) is 128 Å². The molecule has 0 unspecified atom stereocenters. The van der Waals surface area contributed by atoms with Gasteiger partial charge in [0, 0.05) is 18.1 Å². The van der Waals surface area contributed by atoms with Gasteiger partial charge in [-0.15, -0.1) is 0 Å². The molecular formula is C48H52N2P2. The van der Waals surface area contributed by atoms with Gasteiger partial charge in [0.1, 0.15) is 0 Å². The van der Waals surface area contributed by atoms with Gasteiger partial charge in [-0.25, -0.2) is 0 Å². The third-order valence-corrected chi connectivity index (χ3v) is 16.8. The lowest BCUT2D eigenvalue weighted by atomic mass is 9.74. The predicted octanol–water partition coefficient (Wildman–Crippen LogP) is 8.41. The molecule has 264 valence electrons. The molecule has 2 nitrogen and oxygen atoms in total. The molecule has 0 saturated heterocycles. The van der Waals surface area contributed by atoms with Crippen molar-refractivity contribution in [1.82, 2.24) is 5.32 Å². The SMILES string of the molecule is Cc1ccccc1P(c1ccccc1C)c1ccccc1CN[C@@H]1CCCC[C@@]1(N)Cc1ccccc1P(c1ccccc1C)c1ccccc1C. The zero-order chi connectivity index (χ0) is 36.1. The van der Waals surface area contributed by atoms with Crippen molar-refractivity contribution in [3.63, 3.8) is 0 Å². The highest BCUT2D eigenvalue weighted by Crippen LogP contribution is 2.39. The first kappa shape index (κ1) is 36.5. The zero-order valence-electron chi connectivity index (χ0n) is 31.1. The van der Waals surface area contributed by atoms with E-state index in [0.717, 1.165) is 25.8 Å². The Labute approximate surface area is 314 Å². The van der Waals surface area contributed by atoms with Gasteiger partial charge in [-0.1, -0.05) is 158 Å². The fourth-order valence-electron chi connectivity index (χ4n) is 8.16. The van der Waals surface area contributed by atoms with Crippen LogP contribution in [0.5, 0.6) is 0 Å². The van der Waals surface area contributed by atoms with Gasteiger partial charge in [-0.3, -0.25) is 0 Å². The molecule has 1 fully saturated rings. The number of hydrogen-bond donors (Lipinski definition) is 2. The average Bonchev–Trinajstić information content (AvgIpc) is 3.15. The summed E-state index contributed by atoms with van der Waals surface area (Å²) in [6.45, 7) is 9.85. The Morgan fingerprint density at radius 1 is 0.500 bits per heavy atom. The Hall–Kier alpha value is -3.90. The Morgan fingerprint density at radius 2 is 0.865 bits per heavy atom. The topological polar surface area (TPSA) is 38.0 Å². The van der Waals surface area contributed by atoms with Crippen molar-refractivity contribution in [3.8, 4) is 0 Å². The number of benzene rings is 6. The molecule has 0 spiro atoms. The molecule has 1 saturated carbocycles. The van der Waals surface area contributed by atoms with Crippen LogP contribution in [-0.2, 0) is 13.0 Å². The molecule has 2 atom stereocenters. The molecule has 7 rings (SSSR count). The molecule has 52 heavy (non-hydrogen) atoms. The van der Waals surface area contributed by atoms with Crippen LogP contribution in [-0.4, -0.2) is 11.6 Å². The summed E-state index contributed by atoms with van der Waals surface area (Å²) < 4.78 is 0. The molecule has 0 bridgehead atoms. The van der Waals surface area contributed by atoms with E-state index in [1.807, 2.05) is 0 Å². The standard InChI is InChI=1S/C48H52N2P2/c1-35-19-5-11-25-41(35)51(42-26-12-6-20-36(42)2)45-29-15-9-23-39(45)33-48(49)32-18-17-31-47(48)50-34-40-24-10-16-30-46(40)52(43-27-13-7-21-37(43)3)44-28-14-8-22-38(44)4/h5-16,19-30,47,50H,17-18,31-34,49H2,1-4H3/t47-,48-/m1/s1. The summed E-state index contributed by atoms with van der Waals surface area (Å²) in [6.07, 6.45) is 5.35. The first-order valence-corrected chi connectivity index (χ1v) is 21.5. The highest BCUT2D eigenvalue weighted by atomic mass is 31.1. The second-order valence-corrected chi connectivity index (χ2v) is 18.9. The summed E-state index contributed by atoms with van der Waals surface area (Å²) in [5, 5.41) is 12.7. The molecule has 1 aliphatic carbocycles. The highest BCUT2D eigenvalue weighted by molar-refractivity contribution is 7.80. The van der Waals surface area contributed by atoms with Crippen molar-refractivity contribution in [2.45, 2.75) is 77.9 Å². The summed E-state index contributed by atoms with van der Waals surface area (Å²) in [5.74, 6) is 0. The van der Waals surface area contributed by atoms with Crippen LogP contribution in [0.25, 0.3) is 0 Å². The molecule has 6 aromatic carbocycles. The van der Waals surface area contributed by atoms with Crippen molar-refractivity contribution in [2.24, 2.45) is 5.73 Å². The van der Waals surface area contributed by atoms with Crippen molar-refractivity contribution in [3.05, 3.63) is 179 Å². The summed E-state index contributed by atoms with van der Waals surface area (Å²) in [4.78, 5) is 0. The maximum Gasteiger partial charge on any atom is 0.0351 e. The summed E-state index contributed by atoms with van der Waals surface area (Å²) in [7, 11) is -1.48. The summed E-state index contributed by atoms with van der Waals surface area (Å²) in [6, 6.07) is 54.4. The van der Waals surface area contributed by atoms with Crippen LogP contribution >= 0.6 is 15.8 Å². The second kappa shape index (κ2) is 16.4. The van der Waals surface area contributed by atoms with E-state index in [1.165, 1.54) is 78.0 Å². The minimum atomic E-state index is -0.751.